The van der Waals surface area contributed by atoms with E-state index in [2.05, 4.69) is 24.3 Å². The maximum absolute atomic E-state index is 12.4. The van der Waals surface area contributed by atoms with Crippen molar-refractivity contribution in [1.29, 1.82) is 0 Å². The van der Waals surface area contributed by atoms with Gasteiger partial charge in [-0.15, -0.1) is 0 Å². The number of rotatable bonds is 7. The first kappa shape index (κ1) is 20.4. The number of hydrogen-bond acceptors (Lipinski definition) is 3. The number of Topliss-reactive ketones (excluding diaryl/α,β-unsaturated/α-hetero) is 1. The molecule has 2 saturated carbocycles. The number of amides is 1. The van der Waals surface area contributed by atoms with Gasteiger partial charge in [-0.05, 0) is 77.3 Å². The lowest BCUT2D eigenvalue weighted by Gasteiger charge is -2.33. The molecule has 0 heterocycles. The molecule has 0 aromatic heterocycles. The van der Waals surface area contributed by atoms with E-state index in [1.54, 1.807) is 0 Å². The summed E-state index contributed by atoms with van der Waals surface area (Å²) >= 11 is 0. The second-order valence-electron chi connectivity index (χ2n) is 8.95. The van der Waals surface area contributed by atoms with E-state index in [4.69, 9.17) is 0 Å². The molecule has 1 amide bonds. The minimum atomic E-state index is 0.153. The Bertz CT molecular complexity index is 431. The molecule has 4 nitrogen and oxygen atoms in total. The van der Waals surface area contributed by atoms with Crippen LogP contribution in [0.3, 0.4) is 0 Å². The molecule has 0 aromatic rings. The highest BCUT2D eigenvalue weighted by Crippen LogP contribution is 2.30. The van der Waals surface area contributed by atoms with Crippen molar-refractivity contribution in [3.8, 4) is 0 Å². The summed E-state index contributed by atoms with van der Waals surface area (Å²) in [5, 5.41) is 3.26. The van der Waals surface area contributed by atoms with Crippen molar-refractivity contribution < 1.29 is 9.59 Å². The van der Waals surface area contributed by atoms with Crippen molar-refractivity contribution in [2.24, 2.45) is 17.8 Å². The monoisotopic (exact) mass is 350 g/mol. The number of nitrogens with one attached hydrogen (secondary N) is 1. The Kier molecular flexibility index (Phi) is 7.92. The molecule has 1 N–H and O–H groups in total. The van der Waals surface area contributed by atoms with Crippen molar-refractivity contribution >= 4 is 11.7 Å². The fraction of sp³-hybridized carbons (Fsp3) is 0.905. The van der Waals surface area contributed by atoms with Gasteiger partial charge in [0.05, 0.1) is 0 Å². The van der Waals surface area contributed by atoms with Crippen molar-refractivity contribution in [1.82, 2.24) is 10.2 Å². The molecule has 2 rings (SSSR count). The van der Waals surface area contributed by atoms with E-state index in [1.165, 1.54) is 25.7 Å². The molecule has 0 aromatic carbocycles. The minimum Gasteiger partial charge on any atom is -0.353 e. The molecule has 0 bridgehead atoms. The Morgan fingerprint density at radius 1 is 0.880 bits per heavy atom. The predicted molar refractivity (Wildman–Crippen MR) is 102 cm³/mol. The average molecular weight is 351 g/mol. The largest absolute Gasteiger partial charge is 0.353 e. The first-order valence-electron chi connectivity index (χ1n) is 10.3. The van der Waals surface area contributed by atoms with E-state index in [0.717, 1.165) is 32.1 Å². The second-order valence-corrected chi connectivity index (χ2v) is 8.95. The third-order valence-electron chi connectivity index (χ3n) is 6.37. The van der Waals surface area contributed by atoms with Crippen LogP contribution in [0.5, 0.6) is 0 Å². The van der Waals surface area contributed by atoms with E-state index in [9.17, 15) is 9.59 Å². The van der Waals surface area contributed by atoms with E-state index < -0.39 is 0 Å². The molecule has 0 atom stereocenters. The minimum absolute atomic E-state index is 0.153. The Hall–Kier alpha value is -0.900. The van der Waals surface area contributed by atoms with Crippen molar-refractivity contribution in [2.75, 3.05) is 14.1 Å². The molecule has 0 radical (unpaired) electrons. The Balaban J connectivity index is 1.63. The van der Waals surface area contributed by atoms with E-state index in [-0.39, 0.29) is 11.8 Å². The summed E-state index contributed by atoms with van der Waals surface area (Å²) in [7, 11) is 4.31. The maximum Gasteiger partial charge on any atom is 0.220 e. The molecule has 0 unspecified atom stereocenters. The number of hydrogen-bond donors (Lipinski definition) is 1. The lowest BCUT2D eigenvalue weighted by atomic mass is 9.81. The van der Waals surface area contributed by atoms with E-state index in [0.29, 0.717) is 36.1 Å². The summed E-state index contributed by atoms with van der Waals surface area (Å²) in [6.07, 6.45) is 10.5. The Labute approximate surface area is 154 Å². The molecule has 2 aliphatic rings. The molecule has 144 valence electrons. The van der Waals surface area contributed by atoms with Crippen LogP contribution in [0.2, 0.25) is 0 Å². The summed E-state index contributed by atoms with van der Waals surface area (Å²) in [4.78, 5) is 26.6. The Morgan fingerprint density at radius 3 is 1.92 bits per heavy atom. The fourth-order valence-corrected chi connectivity index (χ4v) is 4.45. The molecule has 0 saturated heterocycles. The third-order valence-corrected chi connectivity index (χ3v) is 6.37. The van der Waals surface area contributed by atoms with Gasteiger partial charge in [-0.2, -0.15) is 0 Å². The van der Waals surface area contributed by atoms with Crippen LogP contribution >= 0.6 is 0 Å². The van der Waals surface area contributed by atoms with Gasteiger partial charge in [-0.25, -0.2) is 0 Å². The van der Waals surface area contributed by atoms with Crippen LogP contribution in [0.25, 0.3) is 0 Å². The molecule has 2 fully saturated rings. The zero-order valence-electron chi connectivity index (χ0n) is 16.7. The Morgan fingerprint density at radius 2 is 1.40 bits per heavy atom. The van der Waals surface area contributed by atoms with Crippen LogP contribution in [0.4, 0.5) is 0 Å². The predicted octanol–water partition coefficient (Wildman–Crippen LogP) is 3.79. The van der Waals surface area contributed by atoms with E-state index >= 15 is 0 Å². The maximum atomic E-state index is 12.4. The second kappa shape index (κ2) is 9.70. The van der Waals surface area contributed by atoms with Crippen LogP contribution in [-0.4, -0.2) is 42.8 Å². The summed E-state index contributed by atoms with van der Waals surface area (Å²) in [5.41, 5.74) is 0. The summed E-state index contributed by atoms with van der Waals surface area (Å²) in [5.74, 6) is 1.89. The fourth-order valence-electron chi connectivity index (χ4n) is 4.45. The highest BCUT2D eigenvalue weighted by atomic mass is 16.1. The van der Waals surface area contributed by atoms with Crippen molar-refractivity contribution in [2.45, 2.75) is 90.1 Å². The standard InChI is InChI=1S/C21H38N2O2/c1-15(2)20(24)13-16-5-9-18(10-6-16)22-21(25)14-17-7-11-19(12-8-17)23(3)4/h15-19H,5-14H2,1-4H3,(H,22,25). The first-order valence-corrected chi connectivity index (χ1v) is 10.3. The van der Waals surface area contributed by atoms with Crippen molar-refractivity contribution in [3.05, 3.63) is 0 Å². The number of nitrogens with zero attached hydrogens (tertiary/aromatic N) is 1. The van der Waals surface area contributed by atoms with Crippen LogP contribution in [0, 0.1) is 17.8 Å². The highest BCUT2D eigenvalue weighted by molar-refractivity contribution is 5.80. The summed E-state index contributed by atoms with van der Waals surface area (Å²) < 4.78 is 0. The summed E-state index contributed by atoms with van der Waals surface area (Å²) in [6, 6.07) is 1.03. The smallest absolute Gasteiger partial charge is 0.220 e. The third kappa shape index (κ3) is 6.73. The van der Waals surface area contributed by atoms with Gasteiger partial charge >= 0.3 is 0 Å². The van der Waals surface area contributed by atoms with Gasteiger partial charge in [-0.1, -0.05) is 13.8 Å². The number of carbonyl (C=O) groups is 2. The highest BCUT2D eigenvalue weighted by Gasteiger charge is 2.27. The first-order chi connectivity index (χ1) is 11.8. The van der Waals surface area contributed by atoms with E-state index in [1.807, 2.05) is 13.8 Å². The molecule has 2 aliphatic carbocycles. The quantitative estimate of drug-likeness (QED) is 0.760. The number of ketones is 1. The van der Waals surface area contributed by atoms with Gasteiger partial charge in [0.2, 0.25) is 5.91 Å². The molecule has 0 aliphatic heterocycles. The topological polar surface area (TPSA) is 49.4 Å². The van der Waals surface area contributed by atoms with Gasteiger partial charge in [0.15, 0.2) is 0 Å². The van der Waals surface area contributed by atoms with Gasteiger partial charge in [0, 0.05) is 30.8 Å². The van der Waals surface area contributed by atoms with Gasteiger partial charge in [0.1, 0.15) is 5.78 Å². The lowest BCUT2D eigenvalue weighted by molar-refractivity contribution is -0.124. The molecule has 25 heavy (non-hydrogen) atoms. The van der Waals surface area contributed by atoms with Gasteiger partial charge in [0.25, 0.3) is 0 Å². The van der Waals surface area contributed by atoms with Gasteiger partial charge < -0.3 is 10.2 Å². The van der Waals surface area contributed by atoms with Crippen molar-refractivity contribution in [3.63, 3.8) is 0 Å². The average Bonchev–Trinajstić information content (AvgIpc) is 2.57. The number of carbonyl (C=O) groups excluding carboxylic acids is 2. The SMILES string of the molecule is CC(C)C(=O)CC1CCC(NC(=O)CC2CCC(N(C)C)CC2)CC1. The van der Waals surface area contributed by atoms with Crippen LogP contribution in [-0.2, 0) is 9.59 Å². The molecular formula is C21H38N2O2. The molecule has 0 spiro atoms. The zero-order chi connectivity index (χ0) is 18.4. The van der Waals surface area contributed by atoms with Crippen LogP contribution in [0.1, 0.15) is 78.1 Å². The van der Waals surface area contributed by atoms with Gasteiger partial charge in [-0.3, -0.25) is 9.59 Å². The normalized spacial score (nSPS) is 30.5. The zero-order valence-corrected chi connectivity index (χ0v) is 16.7. The lowest BCUT2D eigenvalue weighted by Crippen LogP contribution is -2.39. The molecular weight excluding hydrogens is 312 g/mol. The van der Waals surface area contributed by atoms with Crippen LogP contribution < -0.4 is 5.32 Å². The summed E-state index contributed by atoms with van der Waals surface area (Å²) in [6.45, 7) is 3.97. The van der Waals surface area contributed by atoms with Crippen LogP contribution in [0.15, 0.2) is 0 Å². The molecule has 4 heteroatoms.